The van der Waals surface area contributed by atoms with Crippen LogP contribution in [0.3, 0.4) is 0 Å². The van der Waals surface area contributed by atoms with E-state index in [0.717, 1.165) is 18.7 Å². The number of likely N-dealkylation sites (N-methyl/N-ethyl adjacent to an activating group) is 1. The summed E-state index contributed by atoms with van der Waals surface area (Å²) >= 11 is 6.34. The van der Waals surface area contributed by atoms with Crippen LogP contribution in [0.25, 0.3) is 0 Å². The van der Waals surface area contributed by atoms with Gasteiger partial charge in [0.05, 0.1) is 31.9 Å². The first-order chi connectivity index (χ1) is 9.54. The highest BCUT2D eigenvalue weighted by molar-refractivity contribution is 6.33. The topological polar surface area (TPSA) is 54.0 Å². The number of rotatable bonds is 8. The highest BCUT2D eigenvalue weighted by Gasteiger charge is 2.19. The van der Waals surface area contributed by atoms with Gasteiger partial charge in [-0.1, -0.05) is 17.7 Å². The lowest BCUT2D eigenvalue weighted by molar-refractivity contribution is 0.240. The molecule has 0 saturated heterocycles. The quantitative estimate of drug-likeness (QED) is 0.763. The van der Waals surface area contributed by atoms with Crippen LogP contribution in [0.4, 0.5) is 0 Å². The second-order valence-electron chi connectivity index (χ2n) is 4.70. The zero-order chi connectivity index (χ0) is 15.1. The Morgan fingerprint density at radius 2 is 2.00 bits per heavy atom. The summed E-state index contributed by atoms with van der Waals surface area (Å²) in [4.78, 5) is 2.07. The Balaban J connectivity index is 2.92. The molecule has 0 heterocycles. The standard InChI is InChI=1S/C14H23ClN2O3/c1-17(2)8-7-16-11(9-18)10-5-6-12(19-3)14(20-4)13(10)15/h5-6,11,16,18H,7-9H2,1-4H3. The second kappa shape index (κ2) is 8.32. The van der Waals surface area contributed by atoms with Crippen molar-refractivity contribution in [2.24, 2.45) is 0 Å². The van der Waals surface area contributed by atoms with Gasteiger partial charge in [0.25, 0.3) is 0 Å². The lowest BCUT2D eigenvalue weighted by Gasteiger charge is -2.21. The third-order valence-electron chi connectivity index (χ3n) is 3.02. The molecule has 0 aliphatic heterocycles. The Hall–Kier alpha value is -1.01. The average Bonchev–Trinajstić information content (AvgIpc) is 2.43. The molecule has 6 heteroatoms. The van der Waals surface area contributed by atoms with Crippen molar-refractivity contribution in [1.29, 1.82) is 0 Å². The van der Waals surface area contributed by atoms with Gasteiger partial charge >= 0.3 is 0 Å². The van der Waals surface area contributed by atoms with Crippen molar-refractivity contribution in [3.63, 3.8) is 0 Å². The zero-order valence-corrected chi connectivity index (χ0v) is 13.2. The number of aliphatic hydroxyl groups excluding tert-OH is 1. The molecule has 0 bridgehead atoms. The molecule has 0 spiro atoms. The molecule has 0 aromatic heterocycles. The normalized spacial score (nSPS) is 12.6. The van der Waals surface area contributed by atoms with E-state index in [1.54, 1.807) is 20.3 Å². The van der Waals surface area contributed by atoms with Crippen molar-refractivity contribution in [2.75, 3.05) is 48.0 Å². The molecular weight excluding hydrogens is 280 g/mol. The van der Waals surface area contributed by atoms with Crippen LogP contribution in [0, 0.1) is 0 Å². The largest absolute Gasteiger partial charge is 0.493 e. The Labute approximate surface area is 125 Å². The van der Waals surface area contributed by atoms with Crippen LogP contribution < -0.4 is 14.8 Å². The number of nitrogens with zero attached hydrogens (tertiary/aromatic N) is 1. The SMILES string of the molecule is COc1ccc(C(CO)NCCN(C)C)c(Cl)c1OC. The van der Waals surface area contributed by atoms with Gasteiger partial charge in [0.2, 0.25) is 0 Å². The monoisotopic (exact) mass is 302 g/mol. The number of ether oxygens (including phenoxy) is 2. The minimum Gasteiger partial charge on any atom is -0.493 e. The number of hydrogen-bond acceptors (Lipinski definition) is 5. The molecule has 114 valence electrons. The summed E-state index contributed by atoms with van der Waals surface area (Å²) in [5, 5.41) is 13.3. The maximum absolute atomic E-state index is 9.55. The number of aliphatic hydroxyl groups is 1. The van der Waals surface area contributed by atoms with Gasteiger partial charge in [-0.3, -0.25) is 0 Å². The molecule has 0 amide bonds. The van der Waals surface area contributed by atoms with Gasteiger partial charge in [-0.15, -0.1) is 0 Å². The van der Waals surface area contributed by atoms with Crippen LogP contribution in [0.1, 0.15) is 11.6 Å². The summed E-state index contributed by atoms with van der Waals surface area (Å²) < 4.78 is 10.5. The molecule has 1 aromatic rings. The van der Waals surface area contributed by atoms with Crippen molar-refractivity contribution in [1.82, 2.24) is 10.2 Å². The van der Waals surface area contributed by atoms with Crippen molar-refractivity contribution in [2.45, 2.75) is 6.04 Å². The van der Waals surface area contributed by atoms with Crippen molar-refractivity contribution in [3.05, 3.63) is 22.7 Å². The van der Waals surface area contributed by atoms with Crippen LogP contribution >= 0.6 is 11.6 Å². The first kappa shape index (κ1) is 17.0. The molecule has 5 nitrogen and oxygen atoms in total. The molecule has 0 aliphatic rings. The van der Waals surface area contributed by atoms with E-state index in [9.17, 15) is 5.11 Å². The van der Waals surface area contributed by atoms with Crippen molar-refractivity contribution < 1.29 is 14.6 Å². The third-order valence-corrected chi connectivity index (χ3v) is 3.41. The highest BCUT2D eigenvalue weighted by Crippen LogP contribution is 2.39. The van der Waals surface area contributed by atoms with Crippen LogP contribution in [0.2, 0.25) is 5.02 Å². The zero-order valence-electron chi connectivity index (χ0n) is 12.4. The number of benzene rings is 1. The molecule has 2 N–H and O–H groups in total. The van der Waals surface area contributed by atoms with Crippen molar-refractivity contribution in [3.8, 4) is 11.5 Å². The Kier molecular flexibility index (Phi) is 7.09. The van der Waals surface area contributed by atoms with Gasteiger partial charge in [0, 0.05) is 13.1 Å². The number of nitrogens with one attached hydrogen (secondary N) is 1. The fourth-order valence-corrected chi connectivity index (χ4v) is 2.27. The predicted molar refractivity (Wildman–Crippen MR) is 80.9 cm³/mol. The number of hydrogen-bond donors (Lipinski definition) is 2. The van der Waals surface area contributed by atoms with E-state index >= 15 is 0 Å². The molecular formula is C14H23ClN2O3. The fourth-order valence-electron chi connectivity index (χ4n) is 1.91. The van der Waals surface area contributed by atoms with Crippen LogP contribution in [-0.4, -0.2) is 58.0 Å². The summed E-state index contributed by atoms with van der Waals surface area (Å²) in [6.45, 7) is 1.59. The van der Waals surface area contributed by atoms with Gasteiger partial charge < -0.3 is 24.8 Å². The van der Waals surface area contributed by atoms with E-state index in [-0.39, 0.29) is 12.6 Å². The Morgan fingerprint density at radius 1 is 1.30 bits per heavy atom. The summed E-state index contributed by atoms with van der Waals surface area (Å²) in [6.07, 6.45) is 0. The minimum absolute atomic E-state index is 0.0391. The molecule has 1 aromatic carbocycles. The molecule has 1 unspecified atom stereocenters. The van der Waals surface area contributed by atoms with E-state index in [1.807, 2.05) is 20.2 Å². The first-order valence-corrected chi connectivity index (χ1v) is 6.82. The molecule has 1 rings (SSSR count). The lowest BCUT2D eigenvalue weighted by Crippen LogP contribution is -2.31. The molecule has 20 heavy (non-hydrogen) atoms. The summed E-state index contributed by atoms with van der Waals surface area (Å²) in [5.41, 5.74) is 0.797. The lowest BCUT2D eigenvalue weighted by atomic mass is 10.1. The highest BCUT2D eigenvalue weighted by atomic mass is 35.5. The molecule has 0 aliphatic carbocycles. The summed E-state index contributed by atoms with van der Waals surface area (Å²) in [5.74, 6) is 1.06. The predicted octanol–water partition coefficient (Wildman–Crippen LogP) is 1.54. The van der Waals surface area contributed by atoms with E-state index in [4.69, 9.17) is 21.1 Å². The van der Waals surface area contributed by atoms with Crippen LogP contribution in [0.15, 0.2) is 12.1 Å². The van der Waals surface area contributed by atoms with Gasteiger partial charge in [-0.25, -0.2) is 0 Å². The molecule has 1 atom stereocenters. The second-order valence-corrected chi connectivity index (χ2v) is 5.07. The Morgan fingerprint density at radius 3 is 2.50 bits per heavy atom. The van der Waals surface area contributed by atoms with Gasteiger partial charge in [-0.2, -0.15) is 0 Å². The summed E-state index contributed by atoms with van der Waals surface area (Å²) in [7, 11) is 7.10. The smallest absolute Gasteiger partial charge is 0.179 e. The van der Waals surface area contributed by atoms with E-state index in [1.165, 1.54) is 0 Å². The number of methoxy groups -OCH3 is 2. The average molecular weight is 303 g/mol. The number of halogens is 1. The van der Waals surface area contributed by atoms with Crippen LogP contribution in [-0.2, 0) is 0 Å². The fraction of sp³-hybridized carbons (Fsp3) is 0.571. The van der Waals surface area contributed by atoms with Gasteiger partial charge in [0.15, 0.2) is 11.5 Å². The third kappa shape index (κ3) is 4.24. The van der Waals surface area contributed by atoms with E-state index in [2.05, 4.69) is 10.2 Å². The maximum atomic E-state index is 9.55. The Bertz CT molecular complexity index is 427. The van der Waals surface area contributed by atoms with Gasteiger partial charge in [0.1, 0.15) is 0 Å². The van der Waals surface area contributed by atoms with Crippen LogP contribution in [0.5, 0.6) is 11.5 Å². The summed E-state index contributed by atoms with van der Waals surface area (Å²) in [6, 6.07) is 3.39. The van der Waals surface area contributed by atoms with E-state index in [0.29, 0.717) is 16.5 Å². The first-order valence-electron chi connectivity index (χ1n) is 6.44. The van der Waals surface area contributed by atoms with Crippen molar-refractivity contribution >= 4 is 11.6 Å². The minimum atomic E-state index is -0.234. The molecule has 0 fully saturated rings. The maximum Gasteiger partial charge on any atom is 0.179 e. The molecule has 0 radical (unpaired) electrons. The van der Waals surface area contributed by atoms with Gasteiger partial charge in [-0.05, 0) is 25.7 Å². The molecule has 0 saturated carbocycles. The van der Waals surface area contributed by atoms with E-state index < -0.39 is 0 Å².